The molecule has 16 heteroatoms. The Bertz CT molecular complexity index is 1790. The highest BCUT2D eigenvalue weighted by atomic mass is 16.5. The van der Waals surface area contributed by atoms with Crippen molar-refractivity contribution in [3.63, 3.8) is 0 Å². The number of amides is 7. The van der Waals surface area contributed by atoms with E-state index in [4.69, 9.17) is 9.47 Å². The van der Waals surface area contributed by atoms with Crippen molar-refractivity contribution in [2.24, 2.45) is 65.0 Å². The molecule has 16 nitrogen and oxygen atoms in total. The zero-order valence-electron chi connectivity index (χ0n) is 62.3. The molecule has 0 spiro atoms. The molecule has 85 heavy (non-hydrogen) atoms. The summed E-state index contributed by atoms with van der Waals surface area (Å²) in [7, 11) is 0. The SMILES string of the molecule is CC(C)(C)/C=C/C(=O)NCCCCCNC(=O)C(C)(C)C.CC(C)(C)CNC(=O)C(C)(C)C.CC(C)(C)CNC(=O)C(C)(C)C.CC(C)(C)CNC(=O)C(C)(C)C.CC(C)(C)COCNC(=O)C(C)(C)C.CC(C)(C)COCNC(=O)C(C)(C)C. The van der Waals surface area contributed by atoms with Gasteiger partial charge in [-0.2, -0.15) is 0 Å². The van der Waals surface area contributed by atoms with Gasteiger partial charge in [-0.15, -0.1) is 0 Å². The first-order valence-electron chi connectivity index (χ1n) is 31.0. The van der Waals surface area contributed by atoms with E-state index in [1.54, 1.807) is 6.08 Å². The first kappa shape index (κ1) is 92.1. The summed E-state index contributed by atoms with van der Waals surface area (Å²) in [6, 6.07) is 0. The van der Waals surface area contributed by atoms with Crippen LogP contribution in [0.25, 0.3) is 0 Å². The van der Waals surface area contributed by atoms with Gasteiger partial charge in [-0.1, -0.05) is 255 Å². The largest absolute Gasteiger partial charge is 0.361 e. The maximum absolute atomic E-state index is 11.6. The predicted octanol–water partition coefficient (Wildman–Crippen LogP) is 14.0. The molecule has 0 atom stereocenters. The van der Waals surface area contributed by atoms with Crippen molar-refractivity contribution in [3.05, 3.63) is 12.2 Å². The predicted molar refractivity (Wildman–Crippen MR) is 359 cm³/mol. The molecule has 0 rings (SSSR count). The van der Waals surface area contributed by atoms with Gasteiger partial charge in [0, 0.05) is 65.2 Å². The van der Waals surface area contributed by atoms with Gasteiger partial charge in [0.1, 0.15) is 13.5 Å². The quantitative estimate of drug-likeness (QED) is 0.0443. The normalized spacial score (nSPS) is 12.7. The van der Waals surface area contributed by atoms with Crippen molar-refractivity contribution in [1.82, 2.24) is 37.2 Å². The molecule has 7 amide bonds. The van der Waals surface area contributed by atoms with E-state index in [2.05, 4.69) is 162 Å². The highest BCUT2D eigenvalue weighted by molar-refractivity contribution is 5.87. The maximum Gasteiger partial charge on any atom is 0.243 e. The molecule has 0 radical (unpaired) electrons. The highest BCUT2D eigenvalue weighted by Crippen LogP contribution is 2.20. The van der Waals surface area contributed by atoms with Gasteiger partial charge in [0.15, 0.2) is 0 Å². The second-order valence-corrected chi connectivity index (χ2v) is 35.7. The first-order chi connectivity index (χ1) is 37.2. The molecule has 7 N–H and O–H groups in total. The van der Waals surface area contributed by atoms with Gasteiger partial charge in [-0.25, -0.2) is 0 Å². The molecule has 0 bridgehead atoms. The standard InChI is InChI=1S/C17H32N2O2.2C11H23NO2.3C10H21NO/c1-16(2,3)11-10-14(20)18-12-8-7-9-13-19-15(21)17(4,5)6;2*1-10(2,3)7-14-8-12-9(13)11(4,5)6;3*1-9(2,3)7-11-8(12)10(4,5)6/h10-11H,7-9,12-13H2,1-6H3,(H,18,20)(H,19,21);2*7-8H2,1-6H3,(H,12,13);3*7H2,1-6H3,(H,11,12)/b11-10+;;;;;. The summed E-state index contributed by atoms with van der Waals surface area (Å²) < 4.78 is 10.7. The lowest BCUT2D eigenvalue weighted by Gasteiger charge is -2.23. The Kier molecular flexibility index (Phi) is 43.1. The van der Waals surface area contributed by atoms with Crippen LogP contribution in [0, 0.1) is 65.0 Å². The van der Waals surface area contributed by atoms with Crippen LogP contribution in [-0.4, -0.2) is 101 Å². The summed E-state index contributed by atoms with van der Waals surface area (Å²) in [5.41, 5.74) is -1.00. The van der Waals surface area contributed by atoms with Crippen molar-refractivity contribution in [2.45, 2.75) is 269 Å². The number of hydrogen-bond acceptors (Lipinski definition) is 9. The number of ether oxygens (including phenoxy) is 2. The Morgan fingerprint density at radius 3 is 0.718 bits per heavy atom. The molecular formula is C69H141N7O9. The maximum atomic E-state index is 11.6. The van der Waals surface area contributed by atoms with Crippen LogP contribution in [0.4, 0.5) is 0 Å². The molecule has 0 heterocycles. The molecule has 506 valence electrons. The second kappa shape index (κ2) is 39.8. The Morgan fingerprint density at radius 2 is 0.506 bits per heavy atom. The third-order valence-electron chi connectivity index (χ3n) is 10.3. The fourth-order valence-corrected chi connectivity index (χ4v) is 4.80. The van der Waals surface area contributed by atoms with Gasteiger partial charge in [-0.3, -0.25) is 33.6 Å². The number of carbonyl (C=O) groups excluding carboxylic acids is 7. The third-order valence-corrected chi connectivity index (χ3v) is 10.3. The zero-order chi connectivity index (χ0) is 69.3. The lowest BCUT2D eigenvalue weighted by Crippen LogP contribution is -2.39. The van der Waals surface area contributed by atoms with Gasteiger partial charge in [0.2, 0.25) is 41.4 Å². The van der Waals surface area contributed by atoms with Gasteiger partial charge in [0.05, 0.1) is 13.2 Å². The van der Waals surface area contributed by atoms with E-state index in [0.29, 0.717) is 39.8 Å². The minimum Gasteiger partial charge on any atom is -0.361 e. The molecule has 0 aromatic carbocycles. The molecule has 0 saturated carbocycles. The van der Waals surface area contributed by atoms with Crippen LogP contribution < -0.4 is 37.2 Å². The Morgan fingerprint density at radius 1 is 0.282 bits per heavy atom. The van der Waals surface area contributed by atoms with Crippen molar-refractivity contribution in [1.29, 1.82) is 0 Å². The topological polar surface area (TPSA) is 222 Å². The monoisotopic (exact) mass is 1210 g/mol. The smallest absolute Gasteiger partial charge is 0.243 e. The number of unbranched alkanes of at least 4 members (excludes halogenated alkanes) is 2. The Balaban J connectivity index is -0.000000223. The highest BCUT2D eigenvalue weighted by Gasteiger charge is 2.26. The van der Waals surface area contributed by atoms with Crippen LogP contribution in [0.2, 0.25) is 0 Å². The summed E-state index contributed by atoms with van der Waals surface area (Å²) in [6.07, 6.45) is 6.37. The van der Waals surface area contributed by atoms with E-state index in [-0.39, 0.29) is 106 Å². The fourth-order valence-electron chi connectivity index (χ4n) is 4.80. The average Bonchev–Trinajstić information content (AvgIpc) is 3.25. The molecule has 0 unspecified atom stereocenters. The van der Waals surface area contributed by atoms with Crippen LogP contribution in [-0.2, 0) is 43.0 Å². The lowest BCUT2D eigenvalue weighted by atomic mass is 9.93. The van der Waals surface area contributed by atoms with Gasteiger partial charge in [0.25, 0.3) is 0 Å². The molecule has 0 saturated heterocycles. The van der Waals surface area contributed by atoms with Crippen molar-refractivity contribution >= 4 is 41.4 Å². The number of allylic oxidation sites excluding steroid dienone is 1. The summed E-state index contributed by atoms with van der Waals surface area (Å²) in [5.74, 6) is 0.458. The van der Waals surface area contributed by atoms with Crippen LogP contribution in [0.15, 0.2) is 12.2 Å². The first-order valence-corrected chi connectivity index (χ1v) is 31.0. The van der Waals surface area contributed by atoms with Gasteiger partial charge < -0.3 is 46.7 Å². The van der Waals surface area contributed by atoms with E-state index in [1.165, 1.54) is 0 Å². The van der Waals surface area contributed by atoms with Gasteiger partial charge in [-0.05, 0) is 57.8 Å². The minimum absolute atomic E-state index is 0.0198. The number of carbonyl (C=O) groups is 7. The summed E-state index contributed by atoms with van der Waals surface area (Å²) in [5, 5.41) is 20.0. The Labute approximate surface area is 524 Å². The van der Waals surface area contributed by atoms with Crippen molar-refractivity contribution in [2.75, 3.05) is 59.4 Å². The summed E-state index contributed by atoms with van der Waals surface area (Å²) in [4.78, 5) is 80.1. The van der Waals surface area contributed by atoms with Crippen molar-refractivity contribution in [3.8, 4) is 0 Å². The zero-order valence-corrected chi connectivity index (χ0v) is 62.3. The molecule has 0 aliphatic carbocycles. The molecule has 0 aliphatic rings. The lowest BCUT2D eigenvalue weighted by molar-refractivity contribution is -0.131. The van der Waals surface area contributed by atoms with Crippen LogP contribution >= 0.6 is 0 Å². The Hall–Kier alpha value is -4.05. The third kappa shape index (κ3) is 72.3. The molecule has 0 aromatic rings. The van der Waals surface area contributed by atoms with E-state index < -0.39 is 0 Å². The summed E-state index contributed by atoms with van der Waals surface area (Å²) >= 11 is 0. The van der Waals surface area contributed by atoms with Crippen LogP contribution in [0.3, 0.4) is 0 Å². The van der Waals surface area contributed by atoms with E-state index in [9.17, 15) is 33.6 Å². The second-order valence-electron chi connectivity index (χ2n) is 35.7. The van der Waals surface area contributed by atoms with Gasteiger partial charge >= 0.3 is 0 Å². The van der Waals surface area contributed by atoms with E-state index >= 15 is 0 Å². The number of nitrogens with one attached hydrogen (secondary N) is 7. The van der Waals surface area contributed by atoms with E-state index in [1.807, 2.05) is 131 Å². The molecule has 0 aliphatic heterocycles. The number of rotatable bonds is 16. The van der Waals surface area contributed by atoms with Crippen molar-refractivity contribution < 1.29 is 43.0 Å². The average molecular weight is 1210 g/mol. The van der Waals surface area contributed by atoms with Crippen LogP contribution in [0.1, 0.15) is 269 Å². The fraction of sp³-hybridized carbons (Fsp3) is 0.870. The molecular weight excluding hydrogens is 1070 g/mol. The van der Waals surface area contributed by atoms with E-state index in [0.717, 1.165) is 38.9 Å². The van der Waals surface area contributed by atoms with Crippen LogP contribution in [0.5, 0.6) is 0 Å². The molecule has 0 fully saturated rings. The summed E-state index contributed by atoms with van der Waals surface area (Å²) in [6.45, 7) is 77.5. The minimum atomic E-state index is -0.342. The molecule has 0 aromatic heterocycles. The number of hydrogen-bond donors (Lipinski definition) is 7.